The Kier molecular flexibility index (Phi) is 5.01. The molecule has 29 heavy (non-hydrogen) atoms. The molecule has 0 saturated carbocycles. The number of carbonyl (C=O) groups is 2. The number of hydrogen-bond acceptors (Lipinski definition) is 7. The Hall–Kier alpha value is -2.92. The quantitative estimate of drug-likeness (QED) is 0.700. The van der Waals surface area contributed by atoms with E-state index < -0.39 is 21.7 Å². The Bertz CT molecular complexity index is 1050. The summed E-state index contributed by atoms with van der Waals surface area (Å²) >= 11 is 0. The number of sulfone groups is 1. The summed E-state index contributed by atoms with van der Waals surface area (Å²) in [4.78, 5) is 26.5. The molecule has 0 bridgehead atoms. The molecule has 1 fully saturated rings. The molecule has 154 valence electrons. The number of benzene rings is 1. The fourth-order valence-electron chi connectivity index (χ4n) is 3.35. The van der Waals surface area contributed by atoms with Crippen molar-refractivity contribution < 1.29 is 27.5 Å². The summed E-state index contributed by atoms with van der Waals surface area (Å²) in [6, 6.07) is 6.91. The summed E-state index contributed by atoms with van der Waals surface area (Å²) in [5.74, 6) is -1.13. The maximum Gasteiger partial charge on any atom is 0.315 e. The van der Waals surface area contributed by atoms with Crippen LogP contribution in [-0.2, 0) is 35.7 Å². The van der Waals surface area contributed by atoms with Gasteiger partial charge in [-0.1, -0.05) is 0 Å². The minimum atomic E-state index is -3.33. The Labute approximate surface area is 167 Å². The van der Waals surface area contributed by atoms with Crippen molar-refractivity contribution in [3.8, 4) is 11.4 Å². The molecule has 0 radical (unpaired) electrons. The molecule has 10 nitrogen and oxygen atoms in total. The highest BCUT2D eigenvalue weighted by Gasteiger charge is 2.34. The van der Waals surface area contributed by atoms with E-state index in [1.807, 2.05) is 0 Å². The monoisotopic (exact) mass is 420 g/mol. The molecule has 4 rings (SSSR count). The van der Waals surface area contributed by atoms with E-state index in [1.54, 1.807) is 31.4 Å². The second kappa shape index (κ2) is 7.48. The molecule has 0 atom stereocenters. The Balaban J connectivity index is 1.67. The Morgan fingerprint density at radius 1 is 1.14 bits per heavy atom. The van der Waals surface area contributed by atoms with E-state index in [4.69, 9.17) is 9.47 Å². The summed E-state index contributed by atoms with van der Waals surface area (Å²) in [5, 5.41) is 6.96. The number of morpholine rings is 1. The lowest BCUT2D eigenvalue weighted by molar-refractivity contribution is -0.145. The Morgan fingerprint density at radius 3 is 2.48 bits per heavy atom. The van der Waals surface area contributed by atoms with Gasteiger partial charge in [0.1, 0.15) is 11.6 Å². The maximum absolute atomic E-state index is 12.6. The molecule has 2 aromatic rings. The van der Waals surface area contributed by atoms with Crippen molar-refractivity contribution in [2.24, 2.45) is 0 Å². The lowest BCUT2D eigenvalue weighted by Crippen LogP contribution is -2.46. The standard InChI is InChI=1S/C18H20N4O6S/c1-27-13-4-2-12(3-5-13)22-16(14-10-29(25,26)11-15(14)20-22)19-17(23)18(24)21-6-8-28-9-7-21/h2-5H,6-11H2,1H3,(H,19,23). The number of nitrogens with zero attached hydrogens (tertiary/aromatic N) is 3. The van der Waals surface area contributed by atoms with Crippen LogP contribution < -0.4 is 10.1 Å². The summed E-state index contributed by atoms with van der Waals surface area (Å²) in [6.07, 6.45) is 0. The lowest BCUT2D eigenvalue weighted by Gasteiger charge is -2.26. The minimum absolute atomic E-state index is 0.192. The summed E-state index contributed by atoms with van der Waals surface area (Å²) in [5.41, 5.74) is 1.38. The average Bonchev–Trinajstić information content (AvgIpc) is 3.20. The number of aromatic nitrogens is 2. The third-order valence-corrected chi connectivity index (χ3v) is 6.27. The number of methoxy groups -OCH3 is 1. The molecule has 0 aliphatic carbocycles. The van der Waals surface area contributed by atoms with Crippen molar-refractivity contribution in [1.29, 1.82) is 0 Å². The van der Waals surface area contributed by atoms with Crippen LogP contribution in [0.25, 0.3) is 5.69 Å². The number of carbonyl (C=O) groups excluding carboxylic acids is 2. The molecule has 1 saturated heterocycles. The molecular formula is C18H20N4O6S. The van der Waals surface area contributed by atoms with Crippen LogP contribution in [0.3, 0.4) is 0 Å². The minimum Gasteiger partial charge on any atom is -0.497 e. The second-order valence-electron chi connectivity index (χ2n) is 6.77. The predicted molar refractivity (Wildman–Crippen MR) is 102 cm³/mol. The number of nitrogens with one attached hydrogen (secondary N) is 1. The van der Waals surface area contributed by atoms with Crippen molar-refractivity contribution in [3.05, 3.63) is 35.5 Å². The molecule has 1 aromatic heterocycles. The first kappa shape index (κ1) is 19.4. The number of anilines is 1. The van der Waals surface area contributed by atoms with Gasteiger partial charge in [-0.25, -0.2) is 13.1 Å². The van der Waals surface area contributed by atoms with Crippen molar-refractivity contribution >= 4 is 27.5 Å². The van der Waals surface area contributed by atoms with Crippen LogP contribution in [-0.4, -0.2) is 68.3 Å². The third-order valence-electron chi connectivity index (χ3n) is 4.83. The smallest absolute Gasteiger partial charge is 0.315 e. The lowest BCUT2D eigenvalue weighted by atomic mass is 10.2. The van der Waals surface area contributed by atoms with E-state index in [-0.39, 0.29) is 17.3 Å². The first-order chi connectivity index (χ1) is 13.9. The van der Waals surface area contributed by atoms with Crippen molar-refractivity contribution in [1.82, 2.24) is 14.7 Å². The molecule has 3 heterocycles. The number of hydrogen-bond donors (Lipinski definition) is 1. The number of ether oxygens (including phenoxy) is 2. The normalized spacial score (nSPS) is 17.6. The first-order valence-electron chi connectivity index (χ1n) is 9.01. The van der Waals surface area contributed by atoms with Crippen molar-refractivity contribution in [2.75, 3.05) is 38.7 Å². The van der Waals surface area contributed by atoms with Gasteiger partial charge in [-0.05, 0) is 24.3 Å². The van der Waals surface area contributed by atoms with E-state index in [2.05, 4.69) is 10.4 Å². The fourth-order valence-corrected chi connectivity index (χ4v) is 4.85. The van der Waals surface area contributed by atoms with Crippen LogP contribution in [0.1, 0.15) is 11.3 Å². The topological polar surface area (TPSA) is 120 Å². The van der Waals surface area contributed by atoms with Crippen LogP contribution in [0.15, 0.2) is 24.3 Å². The molecule has 2 amide bonds. The maximum atomic E-state index is 12.6. The van der Waals surface area contributed by atoms with Gasteiger partial charge in [-0.3, -0.25) is 9.59 Å². The second-order valence-corrected chi connectivity index (χ2v) is 8.84. The van der Waals surface area contributed by atoms with Crippen molar-refractivity contribution in [2.45, 2.75) is 11.5 Å². The van der Waals surface area contributed by atoms with Crippen molar-refractivity contribution in [3.63, 3.8) is 0 Å². The van der Waals surface area contributed by atoms with Gasteiger partial charge in [0.2, 0.25) is 0 Å². The highest BCUT2D eigenvalue weighted by atomic mass is 32.2. The van der Waals surface area contributed by atoms with Crippen LogP contribution >= 0.6 is 0 Å². The molecule has 1 N–H and O–H groups in total. The van der Waals surface area contributed by atoms with Gasteiger partial charge in [-0.2, -0.15) is 5.10 Å². The molecule has 2 aliphatic rings. The summed E-state index contributed by atoms with van der Waals surface area (Å²) in [7, 11) is -1.78. The average molecular weight is 420 g/mol. The van der Waals surface area contributed by atoms with E-state index in [0.29, 0.717) is 49.0 Å². The third kappa shape index (κ3) is 3.83. The number of amides is 2. The fraction of sp³-hybridized carbons (Fsp3) is 0.389. The van der Waals surface area contributed by atoms with E-state index >= 15 is 0 Å². The first-order valence-corrected chi connectivity index (χ1v) is 10.8. The van der Waals surface area contributed by atoms with Gasteiger partial charge in [0, 0.05) is 18.7 Å². The molecule has 1 aromatic carbocycles. The van der Waals surface area contributed by atoms with Crippen LogP contribution in [0.2, 0.25) is 0 Å². The Morgan fingerprint density at radius 2 is 1.83 bits per heavy atom. The van der Waals surface area contributed by atoms with Gasteiger partial charge in [0.25, 0.3) is 0 Å². The van der Waals surface area contributed by atoms with Gasteiger partial charge in [0.15, 0.2) is 9.84 Å². The van der Waals surface area contributed by atoms with Crippen LogP contribution in [0.4, 0.5) is 5.82 Å². The molecular weight excluding hydrogens is 400 g/mol. The number of rotatable bonds is 3. The summed E-state index contributed by atoms with van der Waals surface area (Å²) < 4.78 is 35.9. The zero-order valence-electron chi connectivity index (χ0n) is 15.8. The van der Waals surface area contributed by atoms with E-state index in [0.717, 1.165) is 0 Å². The molecule has 11 heteroatoms. The zero-order chi connectivity index (χ0) is 20.6. The molecule has 2 aliphatic heterocycles. The van der Waals surface area contributed by atoms with Gasteiger partial charge >= 0.3 is 11.8 Å². The van der Waals surface area contributed by atoms with E-state index in [9.17, 15) is 18.0 Å². The zero-order valence-corrected chi connectivity index (χ0v) is 16.6. The SMILES string of the molecule is COc1ccc(-n2nc3c(c2NC(=O)C(=O)N2CCOCC2)CS(=O)(=O)C3)cc1. The van der Waals surface area contributed by atoms with Crippen LogP contribution in [0, 0.1) is 0 Å². The van der Waals surface area contributed by atoms with Gasteiger partial charge < -0.3 is 19.7 Å². The summed E-state index contributed by atoms with van der Waals surface area (Å²) in [6.45, 7) is 1.40. The number of fused-ring (bicyclic) bond motifs is 1. The van der Waals surface area contributed by atoms with Gasteiger partial charge in [-0.15, -0.1) is 0 Å². The highest BCUT2D eigenvalue weighted by Crippen LogP contribution is 2.33. The largest absolute Gasteiger partial charge is 0.497 e. The van der Waals surface area contributed by atoms with Gasteiger partial charge in [0.05, 0.1) is 43.2 Å². The van der Waals surface area contributed by atoms with E-state index in [1.165, 1.54) is 9.58 Å². The molecule has 0 spiro atoms. The predicted octanol–water partition coefficient (Wildman–Crippen LogP) is 0.107. The highest BCUT2D eigenvalue weighted by molar-refractivity contribution is 7.90. The van der Waals surface area contributed by atoms with Crippen LogP contribution in [0.5, 0.6) is 5.75 Å². The molecule has 0 unspecified atom stereocenters.